The second-order valence-electron chi connectivity index (χ2n) is 3.46. The third kappa shape index (κ3) is 2.21. The first-order valence-corrected chi connectivity index (χ1v) is 5.51. The summed E-state index contributed by atoms with van der Waals surface area (Å²) in [4.78, 5) is 4.54. The van der Waals surface area contributed by atoms with Crippen LogP contribution in [-0.2, 0) is 0 Å². The van der Waals surface area contributed by atoms with Crippen molar-refractivity contribution in [2.45, 2.75) is 6.92 Å². The molecule has 0 spiro atoms. The Hall–Kier alpha value is -1.28. The molecule has 1 aromatic carbocycles. The number of rotatable bonds is 3. The van der Waals surface area contributed by atoms with Gasteiger partial charge in [-0.1, -0.05) is 18.2 Å². The number of para-hydroxylation sites is 1. The molecule has 2 aromatic rings. The van der Waals surface area contributed by atoms with E-state index in [4.69, 9.17) is 11.6 Å². The van der Waals surface area contributed by atoms with Crippen molar-refractivity contribution in [3.8, 4) is 0 Å². The largest absolute Gasteiger partial charge is 0.369 e. The molecule has 2 nitrogen and oxygen atoms in total. The van der Waals surface area contributed by atoms with E-state index in [1.807, 2.05) is 18.2 Å². The van der Waals surface area contributed by atoms with Gasteiger partial charge in [-0.25, -0.2) is 4.98 Å². The highest BCUT2D eigenvalue weighted by molar-refractivity contribution is 6.18. The van der Waals surface area contributed by atoms with Crippen molar-refractivity contribution < 1.29 is 0 Å². The number of aryl methyl sites for hydroxylation is 1. The minimum atomic E-state index is 0.591. The van der Waals surface area contributed by atoms with Crippen molar-refractivity contribution in [1.29, 1.82) is 0 Å². The van der Waals surface area contributed by atoms with Gasteiger partial charge in [-0.2, -0.15) is 0 Å². The van der Waals surface area contributed by atoms with Crippen molar-refractivity contribution in [3.05, 3.63) is 35.9 Å². The summed E-state index contributed by atoms with van der Waals surface area (Å²) in [6, 6.07) is 10.2. The Labute approximate surface area is 94.3 Å². The van der Waals surface area contributed by atoms with E-state index in [0.717, 1.165) is 23.4 Å². The molecule has 0 saturated carbocycles. The fraction of sp³-hybridized carbons (Fsp3) is 0.250. The van der Waals surface area contributed by atoms with E-state index >= 15 is 0 Å². The van der Waals surface area contributed by atoms with Gasteiger partial charge in [0.15, 0.2) is 0 Å². The van der Waals surface area contributed by atoms with Gasteiger partial charge in [0.25, 0.3) is 0 Å². The normalized spacial score (nSPS) is 10.5. The van der Waals surface area contributed by atoms with Gasteiger partial charge >= 0.3 is 0 Å². The molecule has 1 aromatic heterocycles. The number of anilines is 1. The van der Waals surface area contributed by atoms with Crippen LogP contribution in [0.5, 0.6) is 0 Å². The molecule has 15 heavy (non-hydrogen) atoms. The average Bonchev–Trinajstić information content (AvgIpc) is 2.26. The number of fused-ring (bicyclic) bond motifs is 1. The van der Waals surface area contributed by atoms with Crippen molar-refractivity contribution in [3.63, 3.8) is 0 Å². The first-order chi connectivity index (χ1) is 7.31. The van der Waals surface area contributed by atoms with Crippen LogP contribution < -0.4 is 5.32 Å². The maximum atomic E-state index is 5.63. The zero-order chi connectivity index (χ0) is 10.7. The van der Waals surface area contributed by atoms with Gasteiger partial charge in [-0.3, -0.25) is 0 Å². The SMILES string of the molecule is Cc1cc2ccccc2nc1NCCCl. The van der Waals surface area contributed by atoms with Gasteiger partial charge in [-0.05, 0) is 24.6 Å². The molecule has 0 unspecified atom stereocenters. The number of pyridine rings is 1. The highest BCUT2D eigenvalue weighted by atomic mass is 35.5. The quantitative estimate of drug-likeness (QED) is 0.804. The van der Waals surface area contributed by atoms with E-state index in [9.17, 15) is 0 Å². The van der Waals surface area contributed by atoms with E-state index in [1.54, 1.807) is 0 Å². The molecule has 0 saturated heterocycles. The Morgan fingerprint density at radius 3 is 2.93 bits per heavy atom. The maximum Gasteiger partial charge on any atom is 0.129 e. The molecule has 0 radical (unpaired) electrons. The number of benzene rings is 1. The van der Waals surface area contributed by atoms with E-state index in [1.165, 1.54) is 5.39 Å². The number of alkyl halides is 1. The standard InChI is InChI=1S/C12H13ClN2/c1-9-8-10-4-2-3-5-11(10)15-12(9)14-7-6-13/h2-5,8H,6-7H2,1H3,(H,14,15). The molecule has 0 atom stereocenters. The smallest absolute Gasteiger partial charge is 0.129 e. The summed E-state index contributed by atoms with van der Waals surface area (Å²) >= 11 is 5.63. The van der Waals surface area contributed by atoms with Crippen LogP contribution in [0.15, 0.2) is 30.3 Å². The molecule has 0 aliphatic heterocycles. The zero-order valence-corrected chi connectivity index (χ0v) is 9.38. The molecular weight excluding hydrogens is 208 g/mol. The summed E-state index contributed by atoms with van der Waals surface area (Å²) in [7, 11) is 0. The van der Waals surface area contributed by atoms with Crippen LogP contribution in [-0.4, -0.2) is 17.4 Å². The molecule has 0 fully saturated rings. The average molecular weight is 221 g/mol. The lowest BCUT2D eigenvalue weighted by atomic mass is 10.1. The Morgan fingerprint density at radius 2 is 2.13 bits per heavy atom. The number of hydrogen-bond donors (Lipinski definition) is 1. The lowest BCUT2D eigenvalue weighted by Crippen LogP contribution is -2.05. The monoisotopic (exact) mass is 220 g/mol. The second-order valence-corrected chi connectivity index (χ2v) is 3.84. The van der Waals surface area contributed by atoms with Gasteiger partial charge in [0.05, 0.1) is 5.52 Å². The molecule has 3 heteroatoms. The summed E-state index contributed by atoms with van der Waals surface area (Å²) in [5.74, 6) is 1.52. The maximum absolute atomic E-state index is 5.63. The first-order valence-electron chi connectivity index (χ1n) is 4.97. The number of nitrogens with one attached hydrogen (secondary N) is 1. The summed E-state index contributed by atoms with van der Waals surface area (Å²) in [5, 5.41) is 4.38. The van der Waals surface area contributed by atoms with E-state index in [-0.39, 0.29) is 0 Å². The van der Waals surface area contributed by atoms with Crippen molar-refractivity contribution in [2.24, 2.45) is 0 Å². The fourth-order valence-electron chi connectivity index (χ4n) is 1.57. The minimum Gasteiger partial charge on any atom is -0.369 e. The van der Waals surface area contributed by atoms with Crippen molar-refractivity contribution in [1.82, 2.24) is 4.98 Å². The molecule has 2 rings (SSSR count). The molecule has 0 aliphatic rings. The summed E-state index contributed by atoms with van der Waals surface area (Å²) in [6.07, 6.45) is 0. The Kier molecular flexibility index (Phi) is 3.07. The number of aromatic nitrogens is 1. The molecule has 1 N–H and O–H groups in total. The molecular formula is C12H13ClN2. The topological polar surface area (TPSA) is 24.9 Å². The van der Waals surface area contributed by atoms with Gasteiger partial charge in [0.2, 0.25) is 0 Å². The summed E-state index contributed by atoms with van der Waals surface area (Å²) in [5.41, 5.74) is 2.17. The summed E-state index contributed by atoms with van der Waals surface area (Å²) < 4.78 is 0. The van der Waals surface area contributed by atoms with Gasteiger partial charge in [-0.15, -0.1) is 11.6 Å². The molecule has 0 aliphatic carbocycles. The van der Waals surface area contributed by atoms with Crippen LogP contribution in [0.4, 0.5) is 5.82 Å². The van der Waals surface area contributed by atoms with Crippen LogP contribution in [0.1, 0.15) is 5.56 Å². The predicted molar refractivity (Wildman–Crippen MR) is 65.7 cm³/mol. The van der Waals surface area contributed by atoms with Crippen LogP contribution >= 0.6 is 11.6 Å². The zero-order valence-electron chi connectivity index (χ0n) is 8.63. The predicted octanol–water partition coefficient (Wildman–Crippen LogP) is 3.19. The highest BCUT2D eigenvalue weighted by Gasteiger charge is 2.01. The lowest BCUT2D eigenvalue weighted by Gasteiger charge is -2.08. The van der Waals surface area contributed by atoms with E-state index in [0.29, 0.717) is 5.88 Å². The van der Waals surface area contributed by atoms with Gasteiger partial charge < -0.3 is 5.32 Å². The third-order valence-electron chi connectivity index (χ3n) is 2.30. The van der Waals surface area contributed by atoms with Crippen molar-refractivity contribution >= 4 is 28.3 Å². The van der Waals surface area contributed by atoms with Gasteiger partial charge in [0, 0.05) is 17.8 Å². The Balaban J connectivity index is 2.43. The number of halogens is 1. The highest BCUT2D eigenvalue weighted by Crippen LogP contribution is 2.19. The van der Waals surface area contributed by atoms with Gasteiger partial charge in [0.1, 0.15) is 5.82 Å². The molecule has 0 amide bonds. The Bertz CT molecular complexity index is 468. The third-order valence-corrected chi connectivity index (χ3v) is 2.49. The van der Waals surface area contributed by atoms with E-state index < -0.39 is 0 Å². The van der Waals surface area contributed by atoms with Crippen LogP contribution in [0.3, 0.4) is 0 Å². The van der Waals surface area contributed by atoms with Crippen molar-refractivity contribution in [2.75, 3.05) is 17.7 Å². The summed E-state index contributed by atoms with van der Waals surface area (Å²) in [6.45, 7) is 2.80. The number of hydrogen-bond acceptors (Lipinski definition) is 2. The van der Waals surface area contributed by atoms with Crippen LogP contribution in [0, 0.1) is 6.92 Å². The molecule has 0 bridgehead atoms. The second kappa shape index (κ2) is 4.49. The number of nitrogens with zero attached hydrogens (tertiary/aromatic N) is 1. The van der Waals surface area contributed by atoms with Crippen LogP contribution in [0.2, 0.25) is 0 Å². The fourth-order valence-corrected chi connectivity index (χ4v) is 1.66. The lowest BCUT2D eigenvalue weighted by molar-refractivity contribution is 1.16. The molecule has 78 valence electrons. The van der Waals surface area contributed by atoms with E-state index in [2.05, 4.69) is 29.4 Å². The molecule has 1 heterocycles. The Morgan fingerprint density at radius 1 is 1.33 bits per heavy atom. The first kappa shape index (κ1) is 10.2. The van der Waals surface area contributed by atoms with Crippen LogP contribution in [0.25, 0.3) is 10.9 Å². The minimum absolute atomic E-state index is 0.591.